The summed E-state index contributed by atoms with van der Waals surface area (Å²) in [7, 11) is 1.67. The molecular formula is C19H25NO4S2. The third-order valence-corrected chi connectivity index (χ3v) is 6.73. The van der Waals surface area contributed by atoms with Crippen LogP contribution >= 0.6 is 24.0 Å². The normalized spacial score (nSPS) is 27.7. The van der Waals surface area contributed by atoms with Gasteiger partial charge in [-0.2, -0.15) is 0 Å². The van der Waals surface area contributed by atoms with Crippen molar-refractivity contribution >= 4 is 35.1 Å². The second-order valence-electron chi connectivity index (χ2n) is 6.57. The van der Waals surface area contributed by atoms with E-state index in [1.807, 2.05) is 30.8 Å². The molecule has 7 heteroatoms. The van der Waals surface area contributed by atoms with E-state index < -0.39 is 11.6 Å². The number of hydrogen-bond donors (Lipinski definition) is 1. The molecule has 1 saturated heterocycles. The lowest BCUT2D eigenvalue weighted by Gasteiger charge is -2.41. The van der Waals surface area contributed by atoms with Gasteiger partial charge in [0.05, 0.1) is 13.7 Å². The van der Waals surface area contributed by atoms with Crippen molar-refractivity contribution in [2.45, 2.75) is 55.3 Å². The Bertz CT molecular complexity index is 651. The average Bonchev–Trinajstić information content (AvgIpc) is 2.98. The summed E-state index contributed by atoms with van der Waals surface area (Å²) < 4.78 is 16.6. The van der Waals surface area contributed by atoms with Crippen LogP contribution in [-0.2, 0) is 20.0 Å². The van der Waals surface area contributed by atoms with Crippen LogP contribution in [0.3, 0.4) is 0 Å². The van der Waals surface area contributed by atoms with Crippen molar-refractivity contribution in [3.8, 4) is 5.75 Å². The lowest BCUT2D eigenvalue weighted by molar-refractivity contribution is -0.150. The summed E-state index contributed by atoms with van der Waals surface area (Å²) in [5.41, 5.74) is 0.608. The van der Waals surface area contributed by atoms with Crippen LogP contribution in [0.15, 0.2) is 24.3 Å². The van der Waals surface area contributed by atoms with E-state index in [0.717, 1.165) is 37.2 Å². The highest BCUT2D eigenvalue weighted by Crippen LogP contribution is 2.45. The Kier molecular flexibility index (Phi) is 6.29. The monoisotopic (exact) mass is 395 g/mol. The highest BCUT2D eigenvalue weighted by atomic mass is 32.2. The Balaban J connectivity index is 1.75. The number of benzene rings is 1. The van der Waals surface area contributed by atoms with Crippen molar-refractivity contribution < 1.29 is 19.0 Å². The van der Waals surface area contributed by atoms with Gasteiger partial charge in [0.25, 0.3) is 5.17 Å². The van der Waals surface area contributed by atoms with Gasteiger partial charge in [-0.15, -0.1) is 11.8 Å². The number of nitrogens with one attached hydrogen (secondary N) is 1. The number of thioether (sulfide) groups is 1. The maximum atomic E-state index is 12.5. The zero-order chi connectivity index (χ0) is 18.6. The molecule has 0 unspecified atom stereocenters. The lowest BCUT2D eigenvalue weighted by Crippen LogP contribution is -2.57. The molecule has 1 aliphatic heterocycles. The molecule has 2 fully saturated rings. The minimum atomic E-state index is -0.612. The number of carbonyl (C=O) groups excluding carboxylic acids is 1. The number of thiocarbonyl (C=S) groups is 1. The third kappa shape index (κ3) is 3.93. The highest BCUT2D eigenvalue weighted by molar-refractivity contribution is 7.99. The summed E-state index contributed by atoms with van der Waals surface area (Å²) in [4.78, 5) is 12.5. The maximum absolute atomic E-state index is 12.5. The SMILES string of the molecule is CCOC(=O)[C@@H]1NC(=S)O[C@@]12CCCC[C@@H]2SCc1ccc(OC)cc1. The fourth-order valence-electron chi connectivity index (χ4n) is 3.71. The van der Waals surface area contributed by atoms with E-state index in [1.54, 1.807) is 7.11 Å². The summed E-state index contributed by atoms with van der Waals surface area (Å²) >= 11 is 7.08. The van der Waals surface area contributed by atoms with E-state index in [-0.39, 0.29) is 11.2 Å². The van der Waals surface area contributed by atoms with Gasteiger partial charge in [0.1, 0.15) is 5.75 Å². The Morgan fingerprint density at radius 2 is 2.15 bits per heavy atom. The first-order valence-electron chi connectivity index (χ1n) is 8.99. The van der Waals surface area contributed by atoms with E-state index in [2.05, 4.69) is 17.4 Å². The van der Waals surface area contributed by atoms with Crippen molar-refractivity contribution in [1.29, 1.82) is 0 Å². The van der Waals surface area contributed by atoms with Gasteiger partial charge in [-0.3, -0.25) is 0 Å². The van der Waals surface area contributed by atoms with Crippen molar-refractivity contribution in [1.82, 2.24) is 5.32 Å². The zero-order valence-corrected chi connectivity index (χ0v) is 16.8. The molecule has 2 aliphatic rings. The first-order chi connectivity index (χ1) is 12.6. The van der Waals surface area contributed by atoms with Gasteiger partial charge in [-0.1, -0.05) is 18.6 Å². The molecule has 1 aromatic rings. The number of ether oxygens (including phenoxy) is 3. The van der Waals surface area contributed by atoms with Crippen molar-refractivity contribution in [3.05, 3.63) is 29.8 Å². The van der Waals surface area contributed by atoms with Gasteiger partial charge in [0.2, 0.25) is 0 Å². The Morgan fingerprint density at radius 1 is 1.38 bits per heavy atom. The maximum Gasteiger partial charge on any atom is 0.332 e. The van der Waals surface area contributed by atoms with Crippen molar-refractivity contribution in [2.75, 3.05) is 13.7 Å². The minimum Gasteiger partial charge on any atom is -0.497 e. The zero-order valence-electron chi connectivity index (χ0n) is 15.2. The number of esters is 1. The van der Waals surface area contributed by atoms with E-state index in [4.69, 9.17) is 26.4 Å². The number of rotatable bonds is 6. The predicted molar refractivity (Wildman–Crippen MR) is 107 cm³/mol. The molecule has 26 heavy (non-hydrogen) atoms. The van der Waals surface area contributed by atoms with Crippen molar-refractivity contribution in [2.24, 2.45) is 0 Å². The largest absolute Gasteiger partial charge is 0.497 e. The van der Waals surface area contributed by atoms with E-state index in [0.29, 0.717) is 11.8 Å². The third-order valence-electron chi connectivity index (χ3n) is 4.99. The molecule has 5 nitrogen and oxygen atoms in total. The van der Waals surface area contributed by atoms with Crippen LogP contribution in [0, 0.1) is 0 Å². The van der Waals surface area contributed by atoms with Crippen molar-refractivity contribution in [3.63, 3.8) is 0 Å². The Morgan fingerprint density at radius 3 is 2.85 bits per heavy atom. The summed E-state index contributed by atoms with van der Waals surface area (Å²) in [6.07, 6.45) is 3.97. The van der Waals surface area contributed by atoms with Gasteiger partial charge in [-0.25, -0.2) is 4.79 Å². The molecule has 0 bridgehead atoms. The summed E-state index contributed by atoms with van der Waals surface area (Å²) in [6, 6.07) is 7.56. The molecule has 1 spiro atoms. The van der Waals surface area contributed by atoms with Crippen LogP contribution in [0.2, 0.25) is 0 Å². The highest BCUT2D eigenvalue weighted by Gasteiger charge is 2.57. The first kappa shape index (κ1) is 19.3. The lowest BCUT2D eigenvalue weighted by atomic mass is 9.79. The summed E-state index contributed by atoms with van der Waals surface area (Å²) in [5, 5.41) is 3.53. The molecule has 0 amide bonds. The van der Waals surface area contributed by atoms with Gasteiger partial charge in [0.15, 0.2) is 11.6 Å². The molecule has 1 aromatic carbocycles. The van der Waals surface area contributed by atoms with Gasteiger partial charge in [0, 0.05) is 11.0 Å². The standard InChI is InChI=1S/C19H25NO4S2/c1-3-23-17(21)16-19(24-18(25)20-16)11-5-4-6-15(19)26-12-13-7-9-14(22-2)10-8-13/h7-10,15-16H,3-6,11-12H2,1-2H3,(H,20,25)/t15-,16-,19+/m0/s1. The predicted octanol–water partition coefficient (Wildman–Crippen LogP) is 3.45. The van der Waals surface area contributed by atoms with Gasteiger partial charge < -0.3 is 19.5 Å². The van der Waals surface area contributed by atoms with E-state index in [1.165, 1.54) is 5.56 Å². The van der Waals surface area contributed by atoms with E-state index >= 15 is 0 Å². The second-order valence-corrected chi connectivity index (χ2v) is 8.13. The molecule has 3 rings (SSSR count). The molecule has 0 aromatic heterocycles. The Hall–Kier alpha value is -1.47. The average molecular weight is 396 g/mol. The topological polar surface area (TPSA) is 56.8 Å². The second kappa shape index (κ2) is 8.48. The Labute approximate surface area is 164 Å². The summed E-state index contributed by atoms with van der Waals surface area (Å²) in [5.74, 6) is 1.43. The minimum absolute atomic E-state index is 0.181. The molecule has 3 atom stereocenters. The fourth-order valence-corrected chi connectivity index (χ4v) is 5.49. The molecule has 1 N–H and O–H groups in total. The van der Waals surface area contributed by atoms with Crippen LogP contribution in [0.25, 0.3) is 0 Å². The number of methoxy groups -OCH3 is 1. The fraction of sp³-hybridized carbons (Fsp3) is 0.579. The quantitative estimate of drug-likeness (QED) is 0.585. The van der Waals surface area contributed by atoms with Crippen LogP contribution in [-0.4, -0.2) is 41.8 Å². The van der Waals surface area contributed by atoms with Crippen LogP contribution in [0.1, 0.15) is 38.2 Å². The molecule has 0 radical (unpaired) electrons. The number of carbonyl (C=O) groups is 1. The molecule has 1 aliphatic carbocycles. The summed E-state index contributed by atoms with van der Waals surface area (Å²) in [6.45, 7) is 2.17. The number of hydrogen-bond acceptors (Lipinski definition) is 6. The molecule has 142 valence electrons. The first-order valence-corrected chi connectivity index (χ1v) is 10.5. The molecule has 1 saturated carbocycles. The molecule has 1 heterocycles. The molecular weight excluding hydrogens is 370 g/mol. The smallest absolute Gasteiger partial charge is 0.332 e. The van der Waals surface area contributed by atoms with E-state index in [9.17, 15) is 4.79 Å². The van der Waals surface area contributed by atoms with Crippen LogP contribution in [0.4, 0.5) is 0 Å². The van der Waals surface area contributed by atoms with Crippen LogP contribution in [0.5, 0.6) is 5.75 Å². The van der Waals surface area contributed by atoms with Gasteiger partial charge >= 0.3 is 5.97 Å². The van der Waals surface area contributed by atoms with Gasteiger partial charge in [-0.05, 0) is 56.1 Å². The van der Waals surface area contributed by atoms with Crippen LogP contribution < -0.4 is 10.1 Å².